The van der Waals surface area contributed by atoms with Crippen molar-refractivity contribution >= 4 is 29.4 Å². The highest BCUT2D eigenvalue weighted by Gasteiger charge is 2.64. The predicted molar refractivity (Wildman–Crippen MR) is 114 cm³/mol. The molecule has 2 aliphatic heterocycles. The Bertz CT molecular complexity index is 1080. The topological polar surface area (TPSA) is 160 Å². The van der Waals surface area contributed by atoms with E-state index in [0.717, 1.165) is 4.90 Å². The van der Waals surface area contributed by atoms with Crippen molar-refractivity contribution in [1.82, 2.24) is 0 Å². The molecule has 1 unspecified atom stereocenters. The van der Waals surface area contributed by atoms with E-state index in [4.69, 9.17) is 30.4 Å². The predicted octanol–water partition coefficient (Wildman–Crippen LogP) is -0.0165. The molecule has 1 atom stereocenters. The molecule has 0 radical (unpaired) electrons. The normalized spacial score (nSPS) is 19.5. The molecule has 1 aromatic rings. The highest BCUT2D eigenvalue weighted by atomic mass is 16.6. The number of esters is 2. The summed E-state index contributed by atoms with van der Waals surface area (Å²) >= 11 is 0. The first-order valence-electron chi connectivity index (χ1n) is 10.1. The van der Waals surface area contributed by atoms with E-state index in [0.29, 0.717) is 0 Å². The number of fused-ring (bicyclic) bond motifs is 2. The summed E-state index contributed by atoms with van der Waals surface area (Å²) < 4.78 is 20.9. The summed E-state index contributed by atoms with van der Waals surface area (Å²) in [6, 6.07) is 6.40. The molecule has 1 spiro atoms. The maximum absolute atomic E-state index is 14.0. The highest BCUT2D eigenvalue weighted by Crippen LogP contribution is 2.54. The fourth-order valence-corrected chi connectivity index (χ4v) is 4.13. The van der Waals surface area contributed by atoms with Crippen molar-refractivity contribution in [2.24, 2.45) is 11.5 Å². The standard InChI is InChI=1S/C22H25N3O8/c1-4-31-20(28)17-18(24)33-12(2)16(19(27)32-10-9-30-3)22(17)13-7-5-6-8-14(13)25(21(22)29)11-15(23)26/h5-8H,4,9-11,24H2,1-3H3,(H2,23,26). The van der Waals surface area contributed by atoms with Crippen LogP contribution in [0.25, 0.3) is 0 Å². The molecule has 0 fully saturated rings. The summed E-state index contributed by atoms with van der Waals surface area (Å²) in [5.74, 6) is -3.87. The third-order valence-electron chi connectivity index (χ3n) is 5.29. The number of hydrogen-bond donors (Lipinski definition) is 2. The van der Waals surface area contributed by atoms with E-state index in [9.17, 15) is 19.2 Å². The second-order valence-corrected chi connectivity index (χ2v) is 7.25. The fourth-order valence-electron chi connectivity index (χ4n) is 4.13. The van der Waals surface area contributed by atoms with Gasteiger partial charge in [0.25, 0.3) is 0 Å². The molecule has 0 aromatic heterocycles. The Morgan fingerprint density at radius 2 is 1.76 bits per heavy atom. The number of primary amides is 1. The molecule has 176 valence electrons. The molecule has 2 heterocycles. The van der Waals surface area contributed by atoms with E-state index >= 15 is 0 Å². The molecule has 0 saturated heterocycles. The second-order valence-electron chi connectivity index (χ2n) is 7.25. The van der Waals surface area contributed by atoms with Gasteiger partial charge in [0.15, 0.2) is 0 Å². The van der Waals surface area contributed by atoms with Gasteiger partial charge >= 0.3 is 11.9 Å². The van der Waals surface area contributed by atoms with E-state index < -0.39 is 41.6 Å². The van der Waals surface area contributed by atoms with E-state index in [-0.39, 0.29) is 48.0 Å². The van der Waals surface area contributed by atoms with Gasteiger partial charge in [0.1, 0.15) is 35.5 Å². The van der Waals surface area contributed by atoms with Gasteiger partial charge in [-0.1, -0.05) is 18.2 Å². The highest BCUT2D eigenvalue weighted by molar-refractivity contribution is 6.23. The Labute approximate surface area is 189 Å². The largest absolute Gasteiger partial charge is 0.462 e. The van der Waals surface area contributed by atoms with Gasteiger partial charge in [0, 0.05) is 18.4 Å². The molecular weight excluding hydrogens is 434 g/mol. The minimum absolute atomic E-state index is 0.0250. The van der Waals surface area contributed by atoms with Gasteiger partial charge in [-0.3, -0.25) is 9.59 Å². The van der Waals surface area contributed by atoms with Gasteiger partial charge < -0.3 is 35.3 Å². The van der Waals surface area contributed by atoms with E-state index in [1.165, 1.54) is 14.0 Å². The van der Waals surface area contributed by atoms with Crippen LogP contribution in [-0.4, -0.2) is 57.2 Å². The SMILES string of the molecule is CCOC(=O)C1=C(N)OC(C)=C(C(=O)OCCOC)C12C(=O)N(CC(N)=O)c1ccccc12. The quantitative estimate of drug-likeness (QED) is 0.402. The third kappa shape index (κ3) is 3.80. The van der Waals surface area contributed by atoms with Crippen LogP contribution in [0, 0.1) is 0 Å². The summed E-state index contributed by atoms with van der Waals surface area (Å²) in [6.07, 6.45) is 0. The zero-order valence-electron chi connectivity index (χ0n) is 18.5. The van der Waals surface area contributed by atoms with Crippen molar-refractivity contribution in [2.45, 2.75) is 19.3 Å². The van der Waals surface area contributed by atoms with Crippen LogP contribution in [0.5, 0.6) is 0 Å². The number of methoxy groups -OCH3 is 1. The van der Waals surface area contributed by atoms with Crippen LogP contribution in [0.15, 0.2) is 47.1 Å². The average molecular weight is 459 g/mol. The summed E-state index contributed by atoms with van der Waals surface area (Å²) in [6.45, 7) is 2.48. The molecular formula is C22H25N3O8. The third-order valence-corrected chi connectivity index (χ3v) is 5.29. The Morgan fingerprint density at radius 3 is 2.39 bits per heavy atom. The Hall–Kier alpha value is -3.86. The van der Waals surface area contributed by atoms with E-state index in [2.05, 4.69) is 0 Å². The maximum atomic E-state index is 14.0. The van der Waals surface area contributed by atoms with Crippen molar-refractivity contribution in [1.29, 1.82) is 0 Å². The van der Waals surface area contributed by atoms with Crippen LogP contribution in [0.2, 0.25) is 0 Å². The lowest BCUT2D eigenvalue weighted by atomic mass is 9.67. The smallest absolute Gasteiger partial charge is 0.341 e. The van der Waals surface area contributed by atoms with Crippen molar-refractivity contribution in [3.63, 3.8) is 0 Å². The Balaban J connectivity index is 2.33. The molecule has 0 bridgehead atoms. The lowest BCUT2D eigenvalue weighted by Gasteiger charge is -2.36. The van der Waals surface area contributed by atoms with Crippen LogP contribution in [0.3, 0.4) is 0 Å². The number of benzene rings is 1. The molecule has 2 aliphatic rings. The average Bonchev–Trinajstić information content (AvgIpc) is 2.97. The van der Waals surface area contributed by atoms with Crippen molar-refractivity contribution in [3.8, 4) is 0 Å². The zero-order chi connectivity index (χ0) is 24.3. The molecule has 0 aliphatic carbocycles. The first-order chi connectivity index (χ1) is 15.7. The van der Waals surface area contributed by atoms with Crippen LogP contribution < -0.4 is 16.4 Å². The molecule has 11 nitrogen and oxygen atoms in total. The first kappa shape index (κ1) is 23.8. The number of allylic oxidation sites excluding steroid dienone is 1. The number of hydrogen-bond acceptors (Lipinski definition) is 9. The van der Waals surface area contributed by atoms with Gasteiger partial charge in [0.05, 0.1) is 13.2 Å². The Morgan fingerprint density at radius 1 is 1.09 bits per heavy atom. The van der Waals surface area contributed by atoms with Gasteiger partial charge in [0.2, 0.25) is 17.7 Å². The Kier molecular flexibility index (Phi) is 6.73. The molecule has 11 heteroatoms. The fraction of sp³-hybridized carbons (Fsp3) is 0.364. The van der Waals surface area contributed by atoms with Crippen molar-refractivity contribution in [2.75, 3.05) is 38.4 Å². The number of anilines is 1. The number of para-hydroxylation sites is 1. The van der Waals surface area contributed by atoms with Crippen LogP contribution >= 0.6 is 0 Å². The second kappa shape index (κ2) is 9.33. The number of nitrogens with two attached hydrogens (primary N) is 2. The number of ether oxygens (including phenoxy) is 4. The monoisotopic (exact) mass is 459 g/mol. The summed E-state index contributed by atoms with van der Waals surface area (Å²) in [4.78, 5) is 53.3. The molecule has 2 amide bonds. The van der Waals surface area contributed by atoms with Gasteiger partial charge in [-0.2, -0.15) is 0 Å². The number of rotatable bonds is 8. The summed E-state index contributed by atoms with van der Waals surface area (Å²) in [5.41, 5.74) is 9.31. The molecule has 1 aromatic carbocycles. The minimum atomic E-state index is -2.06. The lowest BCUT2D eigenvalue weighted by molar-refractivity contribution is -0.144. The number of carbonyl (C=O) groups is 4. The van der Waals surface area contributed by atoms with E-state index in [1.54, 1.807) is 31.2 Å². The summed E-state index contributed by atoms with van der Waals surface area (Å²) in [7, 11) is 1.43. The number of amides is 2. The molecule has 4 N–H and O–H groups in total. The van der Waals surface area contributed by atoms with Crippen molar-refractivity contribution in [3.05, 3.63) is 52.6 Å². The van der Waals surface area contributed by atoms with Crippen LogP contribution in [-0.2, 0) is 43.5 Å². The number of carbonyl (C=O) groups excluding carboxylic acids is 4. The summed E-state index contributed by atoms with van der Waals surface area (Å²) in [5, 5.41) is 0. The molecule has 0 saturated carbocycles. The van der Waals surface area contributed by atoms with Crippen LogP contribution in [0.1, 0.15) is 19.4 Å². The molecule has 3 rings (SSSR count). The zero-order valence-corrected chi connectivity index (χ0v) is 18.5. The number of nitrogens with zero attached hydrogens (tertiary/aromatic N) is 1. The van der Waals surface area contributed by atoms with Gasteiger partial charge in [-0.25, -0.2) is 9.59 Å². The van der Waals surface area contributed by atoms with Gasteiger partial charge in [-0.05, 0) is 19.9 Å². The maximum Gasteiger partial charge on any atom is 0.341 e. The van der Waals surface area contributed by atoms with Crippen LogP contribution in [0.4, 0.5) is 5.69 Å². The lowest BCUT2D eigenvalue weighted by Crippen LogP contribution is -2.52. The van der Waals surface area contributed by atoms with E-state index in [1.807, 2.05) is 0 Å². The van der Waals surface area contributed by atoms with Gasteiger partial charge in [-0.15, -0.1) is 0 Å². The van der Waals surface area contributed by atoms with Crippen molar-refractivity contribution < 1.29 is 38.1 Å². The minimum Gasteiger partial charge on any atom is -0.462 e. The molecule has 33 heavy (non-hydrogen) atoms. The first-order valence-corrected chi connectivity index (χ1v) is 10.1.